The van der Waals surface area contributed by atoms with Crippen molar-refractivity contribution >= 4 is 23.4 Å². The molecule has 0 amide bonds. The Balaban J connectivity index is 1.83. The van der Waals surface area contributed by atoms with Crippen LogP contribution >= 0.6 is 11.8 Å². The number of carbonyl (C=O) groups excluding carboxylic acids is 1. The van der Waals surface area contributed by atoms with Crippen molar-refractivity contribution in [2.75, 3.05) is 6.26 Å². The number of rotatable bonds is 4. The van der Waals surface area contributed by atoms with Crippen molar-refractivity contribution in [3.63, 3.8) is 0 Å². The highest BCUT2D eigenvalue weighted by atomic mass is 32.2. The maximum absolute atomic E-state index is 12.2. The molecule has 6 nitrogen and oxygen atoms in total. The van der Waals surface area contributed by atoms with Gasteiger partial charge in [-0.05, 0) is 37.4 Å². The minimum atomic E-state index is -0.487. The van der Waals surface area contributed by atoms with E-state index in [1.807, 2.05) is 25.3 Å². The van der Waals surface area contributed by atoms with Crippen molar-refractivity contribution in [2.24, 2.45) is 0 Å². The van der Waals surface area contributed by atoms with E-state index in [1.165, 1.54) is 22.2 Å². The summed E-state index contributed by atoms with van der Waals surface area (Å²) in [7, 11) is 0. The predicted octanol–water partition coefficient (Wildman–Crippen LogP) is 2.48. The zero-order chi connectivity index (χ0) is 17.1. The molecule has 0 unspecified atom stereocenters. The van der Waals surface area contributed by atoms with Crippen LogP contribution in [0.2, 0.25) is 0 Å². The van der Waals surface area contributed by atoms with E-state index in [-0.39, 0.29) is 12.2 Å². The Morgan fingerprint density at radius 2 is 2.12 bits per heavy atom. The SMILES string of the molecule is CSc1ncccc1C(=O)OCc1cc(=O)n2c(C)cccc2n1. The molecule has 0 saturated heterocycles. The maximum atomic E-state index is 12.2. The van der Waals surface area contributed by atoms with Crippen LogP contribution in [0, 0.1) is 6.92 Å². The van der Waals surface area contributed by atoms with E-state index in [9.17, 15) is 9.59 Å². The molecule has 0 bridgehead atoms. The largest absolute Gasteiger partial charge is 0.456 e. The van der Waals surface area contributed by atoms with E-state index in [2.05, 4.69) is 9.97 Å². The molecule has 3 aromatic rings. The average molecular weight is 341 g/mol. The molecule has 0 aromatic carbocycles. The van der Waals surface area contributed by atoms with Crippen molar-refractivity contribution < 1.29 is 9.53 Å². The maximum Gasteiger partial charge on any atom is 0.341 e. The van der Waals surface area contributed by atoms with Crippen LogP contribution in [0.15, 0.2) is 52.4 Å². The van der Waals surface area contributed by atoms with Crippen molar-refractivity contribution in [3.8, 4) is 0 Å². The summed E-state index contributed by atoms with van der Waals surface area (Å²) >= 11 is 1.37. The van der Waals surface area contributed by atoms with Crippen LogP contribution in [0.4, 0.5) is 0 Å². The van der Waals surface area contributed by atoms with Gasteiger partial charge in [-0.25, -0.2) is 14.8 Å². The first-order valence-electron chi connectivity index (χ1n) is 7.24. The standard InChI is InChI=1S/C17H15N3O3S/c1-11-5-3-7-14-19-12(9-15(21)20(11)14)10-23-17(22)13-6-4-8-18-16(13)24-2/h3-9H,10H2,1-2H3. The molecule has 24 heavy (non-hydrogen) atoms. The number of nitrogens with zero attached hydrogens (tertiary/aromatic N) is 3. The molecule has 3 aromatic heterocycles. The van der Waals surface area contributed by atoms with E-state index in [0.717, 1.165) is 5.69 Å². The smallest absolute Gasteiger partial charge is 0.341 e. The fourth-order valence-corrected chi connectivity index (χ4v) is 2.90. The second-order valence-electron chi connectivity index (χ2n) is 5.08. The lowest BCUT2D eigenvalue weighted by atomic mass is 10.3. The first-order chi connectivity index (χ1) is 11.6. The number of pyridine rings is 2. The lowest BCUT2D eigenvalue weighted by Crippen LogP contribution is -2.18. The molecular formula is C17H15N3O3S. The summed E-state index contributed by atoms with van der Waals surface area (Å²) < 4.78 is 6.80. The van der Waals surface area contributed by atoms with Crippen LogP contribution in [-0.4, -0.2) is 26.6 Å². The molecule has 0 atom stereocenters. The number of aryl methyl sites for hydroxylation is 1. The Kier molecular flexibility index (Phi) is 4.61. The van der Waals surface area contributed by atoms with Crippen LogP contribution in [0.3, 0.4) is 0 Å². The molecule has 0 saturated carbocycles. The Morgan fingerprint density at radius 1 is 1.29 bits per heavy atom. The summed E-state index contributed by atoms with van der Waals surface area (Å²) in [4.78, 5) is 32.9. The van der Waals surface area contributed by atoms with Gasteiger partial charge in [-0.1, -0.05) is 6.07 Å². The fourth-order valence-electron chi connectivity index (χ4n) is 2.36. The Hall–Kier alpha value is -2.67. The molecule has 0 aliphatic rings. The summed E-state index contributed by atoms with van der Waals surface area (Å²) in [5.41, 5.74) is 1.94. The third kappa shape index (κ3) is 3.16. The molecular weight excluding hydrogens is 326 g/mol. The molecule has 0 aliphatic carbocycles. The van der Waals surface area contributed by atoms with E-state index in [0.29, 0.717) is 21.9 Å². The summed E-state index contributed by atoms with van der Waals surface area (Å²) in [6.07, 6.45) is 3.46. The Bertz CT molecular complexity index is 969. The number of hydrogen-bond donors (Lipinski definition) is 0. The van der Waals surface area contributed by atoms with Crippen LogP contribution in [0.5, 0.6) is 0 Å². The van der Waals surface area contributed by atoms with E-state index >= 15 is 0 Å². The zero-order valence-corrected chi connectivity index (χ0v) is 14.0. The lowest BCUT2D eigenvalue weighted by molar-refractivity contribution is 0.0462. The molecule has 3 rings (SSSR count). The van der Waals surface area contributed by atoms with Gasteiger partial charge in [-0.2, -0.15) is 0 Å². The monoisotopic (exact) mass is 341 g/mol. The van der Waals surface area contributed by atoms with Gasteiger partial charge in [0.05, 0.1) is 11.3 Å². The molecule has 122 valence electrons. The van der Waals surface area contributed by atoms with Gasteiger partial charge in [0, 0.05) is 18.0 Å². The van der Waals surface area contributed by atoms with Crippen molar-refractivity contribution in [1.29, 1.82) is 0 Å². The second-order valence-corrected chi connectivity index (χ2v) is 5.88. The van der Waals surface area contributed by atoms with Gasteiger partial charge in [-0.3, -0.25) is 9.20 Å². The number of thioether (sulfide) groups is 1. The van der Waals surface area contributed by atoms with E-state index in [1.54, 1.807) is 24.4 Å². The van der Waals surface area contributed by atoms with Crippen LogP contribution in [0.1, 0.15) is 21.7 Å². The highest BCUT2D eigenvalue weighted by Crippen LogP contribution is 2.18. The molecule has 0 fully saturated rings. The average Bonchev–Trinajstić information content (AvgIpc) is 2.59. The van der Waals surface area contributed by atoms with Crippen LogP contribution in [-0.2, 0) is 11.3 Å². The third-order valence-electron chi connectivity index (χ3n) is 3.47. The first kappa shape index (κ1) is 16.2. The van der Waals surface area contributed by atoms with E-state index < -0.39 is 5.97 Å². The number of carbonyl (C=O) groups is 1. The highest BCUT2D eigenvalue weighted by molar-refractivity contribution is 7.98. The number of ether oxygens (including phenoxy) is 1. The summed E-state index contributed by atoms with van der Waals surface area (Å²) in [6, 6.07) is 10.1. The third-order valence-corrected chi connectivity index (χ3v) is 4.18. The van der Waals surface area contributed by atoms with Crippen molar-refractivity contribution in [2.45, 2.75) is 18.6 Å². The molecule has 0 aliphatic heterocycles. The van der Waals surface area contributed by atoms with Gasteiger partial charge in [0.25, 0.3) is 5.56 Å². The first-order valence-corrected chi connectivity index (χ1v) is 8.47. The second kappa shape index (κ2) is 6.84. The van der Waals surface area contributed by atoms with Gasteiger partial charge in [-0.15, -0.1) is 11.8 Å². The highest BCUT2D eigenvalue weighted by Gasteiger charge is 2.14. The summed E-state index contributed by atoms with van der Waals surface area (Å²) in [5.74, 6) is -0.487. The van der Waals surface area contributed by atoms with Crippen molar-refractivity contribution in [3.05, 3.63) is 69.9 Å². The quantitative estimate of drug-likeness (QED) is 0.536. The molecule has 0 spiro atoms. The van der Waals surface area contributed by atoms with Gasteiger partial charge >= 0.3 is 5.97 Å². The van der Waals surface area contributed by atoms with Gasteiger partial charge in [0.2, 0.25) is 0 Å². The lowest BCUT2D eigenvalue weighted by Gasteiger charge is -2.08. The molecule has 7 heteroatoms. The summed E-state index contributed by atoms with van der Waals surface area (Å²) in [6.45, 7) is 1.77. The number of aromatic nitrogens is 3. The zero-order valence-electron chi connectivity index (χ0n) is 13.2. The van der Waals surface area contributed by atoms with E-state index in [4.69, 9.17) is 4.74 Å². The molecule has 3 heterocycles. The molecule has 0 N–H and O–H groups in total. The van der Waals surface area contributed by atoms with Gasteiger partial charge < -0.3 is 4.74 Å². The number of hydrogen-bond acceptors (Lipinski definition) is 6. The Morgan fingerprint density at radius 3 is 2.92 bits per heavy atom. The van der Waals surface area contributed by atoms with Crippen molar-refractivity contribution in [1.82, 2.24) is 14.4 Å². The minimum absolute atomic E-state index is 0.0682. The normalized spacial score (nSPS) is 10.8. The van der Waals surface area contributed by atoms with Gasteiger partial charge in [0.1, 0.15) is 17.3 Å². The molecule has 0 radical (unpaired) electrons. The van der Waals surface area contributed by atoms with Gasteiger partial charge in [0.15, 0.2) is 0 Å². The summed E-state index contributed by atoms with van der Waals surface area (Å²) in [5, 5.41) is 0.602. The predicted molar refractivity (Wildman–Crippen MR) is 91.3 cm³/mol. The number of fused-ring (bicyclic) bond motifs is 1. The van der Waals surface area contributed by atoms with Crippen LogP contribution < -0.4 is 5.56 Å². The number of esters is 1. The fraction of sp³-hybridized carbons (Fsp3) is 0.176. The minimum Gasteiger partial charge on any atom is -0.456 e. The topological polar surface area (TPSA) is 73.6 Å². The Labute approximate surface area is 142 Å². The van der Waals surface area contributed by atoms with Crippen LogP contribution in [0.25, 0.3) is 5.65 Å².